The van der Waals surface area contributed by atoms with E-state index in [9.17, 15) is 0 Å². The van der Waals surface area contributed by atoms with Gasteiger partial charge in [-0.1, -0.05) is 37.6 Å². The molecule has 0 aliphatic carbocycles. The molecule has 0 spiro atoms. The van der Waals surface area contributed by atoms with Crippen molar-refractivity contribution in [1.82, 2.24) is 4.90 Å². The third kappa shape index (κ3) is 7.97. The van der Waals surface area contributed by atoms with Crippen molar-refractivity contribution in [3.05, 3.63) is 48.5 Å². The van der Waals surface area contributed by atoms with Crippen molar-refractivity contribution in [2.24, 2.45) is 16.6 Å². The SMILES string of the molecule is C=CCN(CC=C)C(CN=C(N)Nc1ccc(OC)c(Cl)c1)C(C)C.I. The lowest BCUT2D eigenvalue weighted by Crippen LogP contribution is -2.42. The van der Waals surface area contributed by atoms with Crippen molar-refractivity contribution in [3.63, 3.8) is 0 Å². The number of ether oxygens (including phenoxy) is 1. The molecule has 1 unspecified atom stereocenters. The Balaban J connectivity index is 0.00000625. The molecule has 0 radical (unpaired) electrons. The number of anilines is 1. The Hall–Kier alpha value is -1.25. The lowest BCUT2D eigenvalue weighted by molar-refractivity contribution is 0.196. The van der Waals surface area contributed by atoms with Crippen LogP contribution < -0.4 is 15.8 Å². The smallest absolute Gasteiger partial charge is 0.193 e. The quantitative estimate of drug-likeness (QED) is 0.220. The second kappa shape index (κ2) is 13.0. The number of nitrogens with one attached hydrogen (secondary N) is 1. The molecule has 1 atom stereocenters. The number of rotatable bonds is 10. The molecule has 0 bridgehead atoms. The van der Waals surface area contributed by atoms with Crippen molar-refractivity contribution in [3.8, 4) is 5.75 Å². The number of aliphatic imine (C=N–C) groups is 1. The fraction of sp³-hybridized carbons (Fsp3) is 0.421. The highest BCUT2D eigenvalue weighted by atomic mass is 127. The van der Waals surface area contributed by atoms with Crippen LogP contribution in [0.5, 0.6) is 5.75 Å². The van der Waals surface area contributed by atoms with E-state index < -0.39 is 0 Å². The van der Waals surface area contributed by atoms with Gasteiger partial charge in [-0.15, -0.1) is 37.1 Å². The van der Waals surface area contributed by atoms with Crippen molar-refractivity contribution in [2.75, 3.05) is 32.1 Å². The van der Waals surface area contributed by atoms with E-state index in [2.05, 4.69) is 42.2 Å². The molecule has 3 N–H and O–H groups in total. The average molecular weight is 493 g/mol. The van der Waals surface area contributed by atoms with E-state index in [-0.39, 0.29) is 30.0 Å². The number of guanidine groups is 1. The molecule has 0 fully saturated rings. The third-order valence-corrected chi connectivity index (χ3v) is 4.13. The van der Waals surface area contributed by atoms with Gasteiger partial charge in [0.2, 0.25) is 0 Å². The van der Waals surface area contributed by atoms with Crippen LogP contribution in [0.25, 0.3) is 0 Å². The van der Waals surface area contributed by atoms with Gasteiger partial charge in [0, 0.05) is 24.8 Å². The molecular weight excluding hydrogens is 463 g/mol. The van der Waals surface area contributed by atoms with Gasteiger partial charge in [-0.2, -0.15) is 0 Å². The molecule has 0 amide bonds. The number of nitrogens with two attached hydrogens (primary N) is 1. The van der Waals surface area contributed by atoms with E-state index in [4.69, 9.17) is 22.1 Å². The summed E-state index contributed by atoms with van der Waals surface area (Å²) in [5, 5.41) is 3.58. The van der Waals surface area contributed by atoms with E-state index in [1.165, 1.54) is 0 Å². The van der Waals surface area contributed by atoms with Gasteiger partial charge in [0.1, 0.15) is 5.75 Å². The first kappa shape index (κ1) is 24.8. The topological polar surface area (TPSA) is 62.9 Å². The Kier molecular flexibility index (Phi) is 12.4. The second-order valence-electron chi connectivity index (χ2n) is 6.04. The van der Waals surface area contributed by atoms with Gasteiger partial charge in [0.15, 0.2) is 5.96 Å². The highest BCUT2D eigenvalue weighted by molar-refractivity contribution is 14.0. The number of halogens is 2. The van der Waals surface area contributed by atoms with Gasteiger partial charge in [-0.3, -0.25) is 9.89 Å². The van der Waals surface area contributed by atoms with Crippen molar-refractivity contribution in [1.29, 1.82) is 0 Å². The van der Waals surface area contributed by atoms with Crippen LogP contribution in [0.15, 0.2) is 48.5 Å². The molecule has 0 heterocycles. The van der Waals surface area contributed by atoms with Gasteiger partial charge < -0.3 is 15.8 Å². The van der Waals surface area contributed by atoms with Gasteiger partial charge in [-0.25, -0.2) is 0 Å². The molecule has 0 aliphatic heterocycles. The van der Waals surface area contributed by atoms with E-state index in [1.54, 1.807) is 19.2 Å². The number of benzene rings is 1. The monoisotopic (exact) mass is 492 g/mol. The summed E-state index contributed by atoms with van der Waals surface area (Å²) < 4.78 is 5.14. The first-order valence-corrected chi connectivity index (χ1v) is 8.67. The maximum atomic E-state index is 6.12. The fourth-order valence-corrected chi connectivity index (χ4v) is 2.81. The van der Waals surface area contributed by atoms with Crippen LogP contribution in [0, 0.1) is 5.92 Å². The molecule has 146 valence electrons. The molecule has 1 rings (SSSR count). The first-order valence-electron chi connectivity index (χ1n) is 8.29. The molecule has 0 aromatic heterocycles. The molecule has 7 heteroatoms. The van der Waals surface area contributed by atoms with Crippen LogP contribution >= 0.6 is 35.6 Å². The second-order valence-corrected chi connectivity index (χ2v) is 6.45. The van der Waals surface area contributed by atoms with Gasteiger partial charge in [0.05, 0.1) is 18.7 Å². The molecule has 1 aromatic carbocycles. The van der Waals surface area contributed by atoms with Crippen LogP contribution in [-0.2, 0) is 0 Å². The lowest BCUT2D eigenvalue weighted by Gasteiger charge is -2.31. The minimum absolute atomic E-state index is 0. The largest absolute Gasteiger partial charge is 0.495 e. The predicted molar refractivity (Wildman–Crippen MR) is 124 cm³/mol. The van der Waals surface area contributed by atoms with E-state index >= 15 is 0 Å². The standard InChI is InChI=1S/C19H29ClN4O.HI/c1-6-10-24(11-7-2)17(14(3)4)13-22-19(21)23-15-8-9-18(25-5)16(20)12-15;/h6-9,12,14,17H,1-2,10-11,13H2,3-5H3,(H3,21,22,23);1H. The van der Waals surface area contributed by atoms with Crippen molar-refractivity contribution >= 4 is 47.2 Å². The van der Waals surface area contributed by atoms with Crippen molar-refractivity contribution in [2.45, 2.75) is 19.9 Å². The summed E-state index contributed by atoms with van der Waals surface area (Å²) in [7, 11) is 1.58. The molecule has 5 nitrogen and oxygen atoms in total. The zero-order valence-electron chi connectivity index (χ0n) is 15.7. The Morgan fingerprint density at radius 3 is 2.42 bits per heavy atom. The molecule has 1 aromatic rings. The average Bonchev–Trinajstić information content (AvgIpc) is 2.55. The summed E-state index contributed by atoms with van der Waals surface area (Å²) >= 11 is 6.12. The lowest BCUT2D eigenvalue weighted by atomic mass is 10.0. The first-order chi connectivity index (χ1) is 11.9. The highest BCUT2D eigenvalue weighted by Gasteiger charge is 2.19. The molecule has 0 aliphatic rings. The van der Waals surface area contributed by atoms with E-state index in [1.807, 2.05) is 18.2 Å². The summed E-state index contributed by atoms with van der Waals surface area (Å²) in [5.41, 5.74) is 6.79. The highest BCUT2D eigenvalue weighted by Crippen LogP contribution is 2.27. The maximum Gasteiger partial charge on any atom is 0.193 e. The maximum absolute atomic E-state index is 6.12. The summed E-state index contributed by atoms with van der Waals surface area (Å²) in [6.07, 6.45) is 3.78. The number of nitrogens with zero attached hydrogens (tertiary/aromatic N) is 2. The van der Waals surface area contributed by atoms with Crippen LogP contribution in [0.3, 0.4) is 0 Å². The normalized spacial score (nSPS) is 12.5. The van der Waals surface area contributed by atoms with Crippen LogP contribution in [0.2, 0.25) is 5.02 Å². The number of methoxy groups -OCH3 is 1. The third-order valence-electron chi connectivity index (χ3n) is 3.84. The summed E-state index contributed by atoms with van der Waals surface area (Å²) in [6.45, 7) is 14.2. The minimum Gasteiger partial charge on any atom is -0.495 e. The molecule has 0 saturated heterocycles. The zero-order chi connectivity index (χ0) is 18.8. The molecule has 0 saturated carbocycles. The van der Waals surface area contributed by atoms with Crippen LogP contribution in [0.4, 0.5) is 5.69 Å². The predicted octanol–water partition coefficient (Wildman–Crippen LogP) is 4.39. The zero-order valence-corrected chi connectivity index (χ0v) is 18.8. The van der Waals surface area contributed by atoms with Crippen LogP contribution in [-0.4, -0.2) is 43.6 Å². The summed E-state index contributed by atoms with van der Waals surface area (Å²) in [4.78, 5) is 6.78. The molecular formula is C19H30ClIN4O. The summed E-state index contributed by atoms with van der Waals surface area (Å²) in [6, 6.07) is 5.63. The van der Waals surface area contributed by atoms with E-state index in [0.29, 0.717) is 29.2 Å². The Morgan fingerprint density at radius 1 is 1.35 bits per heavy atom. The number of hydrogen-bond acceptors (Lipinski definition) is 3. The van der Waals surface area contributed by atoms with Gasteiger partial charge >= 0.3 is 0 Å². The van der Waals surface area contributed by atoms with Gasteiger partial charge in [0.25, 0.3) is 0 Å². The molecule has 26 heavy (non-hydrogen) atoms. The summed E-state index contributed by atoms with van der Waals surface area (Å²) in [5.74, 6) is 1.39. The Morgan fingerprint density at radius 2 is 1.96 bits per heavy atom. The Labute approximate surface area is 179 Å². The van der Waals surface area contributed by atoms with Gasteiger partial charge in [-0.05, 0) is 24.1 Å². The number of hydrogen-bond donors (Lipinski definition) is 2. The van der Waals surface area contributed by atoms with Crippen molar-refractivity contribution < 1.29 is 4.74 Å². The van der Waals surface area contributed by atoms with Crippen LogP contribution in [0.1, 0.15) is 13.8 Å². The fourth-order valence-electron chi connectivity index (χ4n) is 2.55. The minimum atomic E-state index is 0. The Bertz CT molecular complexity index is 597. The van der Waals surface area contributed by atoms with E-state index in [0.717, 1.165) is 18.8 Å².